The minimum atomic E-state index is -0.109. The summed E-state index contributed by atoms with van der Waals surface area (Å²) in [5, 5.41) is 4.70. The van der Waals surface area contributed by atoms with Crippen LogP contribution in [-0.2, 0) is 0 Å². The van der Waals surface area contributed by atoms with Gasteiger partial charge in [0, 0.05) is 10.9 Å². The predicted molar refractivity (Wildman–Crippen MR) is 88.7 cm³/mol. The fraction of sp³-hybridized carbons (Fsp3) is 0.500. The van der Waals surface area contributed by atoms with Crippen molar-refractivity contribution in [2.45, 2.75) is 37.3 Å². The Morgan fingerprint density at radius 3 is 2.78 bits per heavy atom. The summed E-state index contributed by atoms with van der Waals surface area (Å²) in [6.07, 6.45) is 4.80. The molecule has 1 N–H and O–H groups in total. The lowest BCUT2D eigenvalue weighted by atomic mass is 9.77. The first kappa shape index (κ1) is 13.9. The summed E-state index contributed by atoms with van der Waals surface area (Å²) in [6.45, 7) is 2.38. The van der Waals surface area contributed by atoms with Gasteiger partial charge in [-0.25, -0.2) is 0 Å². The summed E-state index contributed by atoms with van der Waals surface area (Å²) >= 11 is 6.14. The topological polar surface area (TPSA) is 45.5 Å². The number of para-hydroxylation sites is 1. The van der Waals surface area contributed by atoms with Crippen molar-refractivity contribution >= 4 is 28.5 Å². The van der Waals surface area contributed by atoms with Crippen molar-refractivity contribution in [1.82, 2.24) is 10.2 Å². The molecule has 0 unspecified atom stereocenters. The van der Waals surface area contributed by atoms with E-state index in [1.165, 1.54) is 38.8 Å². The van der Waals surface area contributed by atoms with Crippen LogP contribution < -0.4 is 5.32 Å². The molecule has 1 atom stereocenters. The van der Waals surface area contributed by atoms with Gasteiger partial charge in [-0.3, -0.25) is 9.69 Å². The van der Waals surface area contributed by atoms with E-state index in [1.807, 2.05) is 12.1 Å². The number of fused-ring (bicyclic) bond motifs is 3. The molecule has 4 fully saturated rings. The standard InChI is InChI=1S/C18H19ClN2O2/c19-13-3-1-2-12-10-14(23-15(12)13)17(22)20-16-11-4-8-21(9-5-11)18(16)6-7-18/h1-3,10-11,16H,4-9H2,(H,20,22)/t16-/m1/s1. The quantitative estimate of drug-likeness (QED) is 0.917. The zero-order valence-electron chi connectivity index (χ0n) is 12.8. The zero-order chi connectivity index (χ0) is 15.6. The van der Waals surface area contributed by atoms with Gasteiger partial charge >= 0.3 is 0 Å². The molecule has 5 heteroatoms. The van der Waals surface area contributed by atoms with Crippen LogP contribution in [0.3, 0.4) is 0 Å². The van der Waals surface area contributed by atoms with E-state index in [2.05, 4.69) is 10.2 Å². The van der Waals surface area contributed by atoms with Crippen molar-refractivity contribution in [2.75, 3.05) is 13.1 Å². The lowest BCUT2D eigenvalue weighted by Crippen LogP contribution is -2.65. The molecule has 4 heterocycles. The van der Waals surface area contributed by atoms with Crippen molar-refractivity contribution in [3.05, 3.63) is 35.0 Å². The number of carbonyl (C=O) groups is 1. The molecular weight excluding hydrogens is 312 g/mol. The van der Waals surface area contributed by atoms with Gasteiger partial charge in [-0.2, -0.15) is 0 Å². The number of piperidine rings is 3. The smallest absolute Gasteiger partial charge is 0.287 e. The monoisotopic (exact) mass is 330 g/mol. The fourth-order valence-electron chi connectivity index (χ4n) is 4.67. The number of rotatable bonds is 2. The highest BCUT2D eigenvalue weighted by Crippen LogP contribution is 2.53. The lowest BCUT2D eigenvalue weighted by Gasteiger charge is -2.52. The first-order valence-corrected chi connectivity index (χ1v) is 8.79. The Labute approximate surface area is 139 Å². The van der Waals surface area contributed by atoms with E-state index >= 15 is 0 Å². The molecule has 1 spiro atoms. The molecule has 1 aliphatic carbocycles. The molecule has 1 amide bonds. The second-order valence-electron chi connectivity index (χ2n) is 7.15. The lowest BCUT2D eigenvalue weighted by molar-refractivity contribution is -0.00182. The molecule has 3 saturated heterocycles. The Hall–Kier alpha value is -1.52. The molecular formula is C18H19ClN2O2. The second-order valence-corrected chi connectivity index (χ2v) is 7.56. The maximum atomic E-state index is 12.7. The average Bonchev–Trinajstić information content (AvgIpc) is 3.21. The number of carbonyl (C=O) groups excluding carboxylic acids is 1. The molecule has 120 valence electrons. The number of furan rings is 1. The highest BCUT2D eigenvalue weighted by molar-refractivity contribution is 6.34. The summed E-state index contributed by atoms with van der Waals surface area (Å²) in [7, 11) is 0. The van der Waals surface area contributed by atoms with Crippen LogP contribution in [-0.4, -0.2) is 35.5 Å². The van der Waals surface area contributed by atoms with Gasteiger partial charge in [-0.15, -0.1) is 0 Å². The molecule has 4 nitrogen and oxygen atoms in total. The number of hydrogen-bond acceptors (Lipinski definition) is 3. The van der Waals surface area contributed by atoms with E-state index in [4.69, 9.17) is 16.0 Å². The van der Waals surface area contributed by atoms with Gasteiger partial charge in [0.1, 0.15) is 0 Å². The molecule has 1 saturated carbocycles. The van der Waals surface area contributed by atoms with Gasteiger partial charge in [0.25, 0.3) is 5.91 Å². The van der Waals surface area contributed by atoms with E-state index in [0.717, 1.165) is 5.39 Å². The Bertz CT molecular complexity index is 787. The fourth-order valence-corrected chi connectivity index (χ4v) is 4.89. The van der Waals surface area contributed by atoms with Crippen LogP contribution in [0.5, 0.6) is 0 Å². The van der Waals surface area contributed by atoms with Gasteiger partial charge in [-0.1, -0.05) is 23.7 Å². The third kappa shape index (κ3) is 1.98. The number of amides is 1. The second kappa shape index (κ2) is 4.74. The third-order valence-electron chi connectivity index (χ3n) is 5.99. The van der Waals surface area contributed by atoms with Crippen LogP contribution in [0.25, 0.3) is 11.0 Å². The van der Waals surface area contributed by atoms with Crippen molar-refractivity contribution in [1.29, 1.82) is 0 Å². The minimum Gasteiger partial charge on any atom is -0.449 e. The Morgan fingerprint density at radius 2 is 2.09 bits per heavy atom. The first-order chi connectivity index (χ1) is 11.2. The van der Waals surface area contributed by atoms with E-state index in [9.17, 15) is 4.79 Å². The minimum absolute atomic E-state index is 0.109. The number of nitrogens with zero attached hydrogens (tertiary/aromatic N) is 1. The van der Waals surface area contributed by atoms with E-state index < -0.39 is 0 Å². The predicted octanol–water partition coefficient (Wildman–Crippen LogP) is 3.44. The SMILES string of the molecule is O=C(N[C@@H]1C2CCN(CC2)C12CC2)c1cc2cccc(Cl)c2o1. The normalized spacial score (nSPS) is 30.7. The van der Waals surface area contributed by atoms with Crippen molar-refractivity contribution in [3.63, 3.8) is 0 Å². The summed E-state index contributed by atoms with van der Waals surface area (Å²) in [4.78, 5) is 15.3. The summed E-state index contributed by atoms with van der Waals surface area (Å²) in [6, 6.07) is 7.62. The first-order valence-electron chi connectivity index (χ1n) is 8.41. The van der Waals surface area contributed by atoms with Gasteiger partial charge < -0.3 is 9.73 Å². The van der Waals surface area contributed by atoms with Crippen LogP contribution in [0.2, 0.25) is 5.02 Å². The summed E-state index contributed by atoms with van der Waals surface area (Å²) < 4.78 is 5.71. The molecule has 4 aliphatic rings. The van der Waals surface area contributed by atoms with Crippen molar-refractivity contribution in [2.24, 2.45) is 5.92 Å². The van der Waals surface area contributed by atoms with Gasteiger partial charge in [0.05, 0.1) is 11.1 Å². The number of hydrogen-bond donors (Lipinski definition) is 1. The highest BCUT2D eigenvalue weighted by Gasteiger charge is 2.60. The van der Waals surface area contributed by atoms with E-state index in [1.54, 1.807) is 12.1 Å². The molecule has 2 bridgehead atoms. The van der Waals surface area contributed by atoms with Crippen LogP contribution in [0, 0.1) is 5.92 Å². The molecule has 3 aliphatic heterocycles. The molecule has 1 aromatic carbocycles. The average molecular weight is 331 g/mol. The third-order valence-corrected chi connectivity index (χ3v) is 6.29. The molecule has 6 rings (SSSR count). The van der Waals surface area contributed by atoms with Gasteiger partial charge in [-0.05, 0) is 56.8 Å². The molecule has 0 radical (unpaired) electrons. The number of nitrogens with one attached hydrogen (secondary N) is 1. The van der Waals surface area contributed by atoms with Gasteiger partial charge in [0.15, 0.2) is 11.3 Å². The van der Waals surface area contributed by atoms with E-state index in [-0.39, 0.29) is 17.5 Å². The largest absolute Gasteiger partial charge is 0.449 e. The van der Waals surface area contributed by atoms with Crippen molar-refractivity contribution < 1.29 is 9.21 Å². The van der Waals surface area contributed by atoms with Crippen LogP contribution in [0.15, 0.2) is 28.7 Å². The number of halogens is 1. The van der Waals surface area contributed by atoms with Crippen molar-refractivity contribution in [3.8, 4) is 0 Å². The Kier molecular flexibility index (Phi) is 2.86. The highest BCUT2D eigenvalue weighted by atomic mass is 35.5. The number of benzene rings is 1. The molecule has 2 aromatic rings. The van der Waals surface area contributed by atoms with Gasteiger partial charge in [0.2, 0.25) is 0 Å². The van der Waals surface area contributed by atoms with Crippen LogP contribution in [0.1, 0.15) is 36.2 Å². The Balaban J connectivity index is 1.43. The summed E-state index contributed by atoms with van der Waals surface area (Å²) in [5.74, 6) is 0.863. The Morgan fingerprint density at radius 1 is 1.30 bits per heavy atom. The van der Waals surface area contributed by atoms with E-state index in [0.29, 0.717) is 22.3 Å². The van der Waals surface area contributed by atoms with Crippen LogP contribution in [0.4, 0.5) is 0 Å². The zero-order valence-corrected chi connectivity index (χ0v) is 13.6. The summed E-state index contributed by atoms with van der Waals surface area (Å²) in [5.41, 5.74) is 0.829. The van der Waals surface area contributed by atoms with Crippen LogP contribution >= 0.6 is 11.6 Å². The molecule has 23 heavy (non-hydrogen) atoms. The maximum absolute atomic E-state index is 12.7. The molecule has 1 aromatic heterocycles. The maximum Gasteiger partial charge on any atom is 0.287 e.